The van der Waals surface area contributed by atoms with Crippen LogP contribution in [0.2, 0.25) is 10.0 Å². The molecule has 2 rings (SSSR count). The number of nitrogens with one attached hydrogen (secondary N) is 2. The number of hydrogen-bond acceptors (Lipinski definition) is 2. The number of carbonyl (C=O) groups is 1. The van der Waals surface area contributed by atoms with Gasteiger partial charge in [-0.1, -0.05) is 35.3 Å². The van der Waals surface area contributed by atoms with E-state index in [-0.39, 0.29) is 5.91 Å². The fraction of sp³-hybridized carbons (Fsp3) is 0.0714. The molecule has 0 unspecified atom stereocenters. The van der Waals surface area contributed by atoms with Gasteiger partial charge in [0.25, 0.3) is 5.91 Å². The van der Waals surface area contributed by atoms with Crippen LogP contribution in [-0.2, 0) is 6.54 Å². The summed E-state index contributed by atoms with van der Waals surface area (Å²) in [5.74, 6) is -0.203. The number of halogens is 2. The van der Waals surface area contributed by atoms with Crippen molar-refractivity contribution in [3.05, 3.63) is 69.7 Å². The summed E-state index contributed by atoms with van der Waals surface area (Å²) in [7, 11) is 0. The second-order valence-corrected chi connectivity index (χ2v) is 4.81. The lowest BCUT2D eigenvalue weighted by Gasteiger charge is -2.07. The zero-order valence-corrected chi connectivity index (χ0v) is 11.5. The van der Waals surface area contributed by atoms with Crippen molar-refractivity contribution in [2.75, 3.05) is 0 Å². The van der Waals surface area contributed by atoms with Crippen LogP contribution in [0.1, 0.15) is 15.9 Å². The third-order valence-electron chi connectivity index (χ3n) is 2.51. The number of hydrazine groups is 1. The molecule has 3 nitrogen and oxygen atoms in total. The van der Waals surface area contributed by atoms with Crippen molar-refractivity contribution >= 4 is 29.1 Å². The van der Waals surface area contributed by atoms with Crippen molar-refractivity contribution in [3.63, 3.8) is 0 Å². The molecular formula is C14H12Cl2N2O. The second-order valence-electron chi connectivity index (χ2n) is 3.94. The maximum Gasteiger partial charge on any atom is 0.265 e. The van der Waals surface area contributed by atoms with Crippen LogP contribution in [0.4, 0.5) is 0 Å². The van der Waals surface area contributed by atoms with Crippen molar-refractivity contribution < 1.29 is 4.79 Å². The van der Waals surface area contributed by atoms with Crippen LogP contribution >= 0.6 is 23.2 Å². The highest BCUT2D eigenvalue weighted by atomic mass is 35.5. The molecule has 0 aliphatic rings. The van der Waals surface area contributed by atoms with E-state index in [0.717, 1.165) is 5.56 Å². The van der Waals surface area contributed by atoms with Gasteiger partial charge in [-0.05, 0) is 42.0 Å². The Hall–Kier alpha value is -1.55. The van der Waals surface area contributed by atoms with Gasteiger partial charge in [0.1, 0.15) is 0 Å². The van der Waals surface area contributed by atoms with E-state index in [1.165, 1.54) is 0 Å². The summed E-state index contributed by atoms with van der Waals surface area (Å²) in [4.78, 5) is 11.8. The number of rotatable bonds is 4. The molecule has 0 saturated carbocycles. The Balaban J connectivity index is 1.84. The van der Waals surface area contributed by atoms with Crippen molar-refractivity contribution in [2.45, 2.75) is 6.54 Å². The Labute approximate surface area is 121 Å². The fourth-order valence-corrected chi connectivity index (χ4v) is 1.75. The molecule has 5 heteroatoms. The molecule has 0 aliphatic heterocycles. The van der Waals surface area contributed by atoms with Crippen LogP contribution in [-0.4, -0.2) is 5.91 Å². The Kier molecular flexibility index (Phi) is 4.80. The van der Waals surface area contributed by atoms with Gasteiger partial charge in [-0.25, -0.2) is 5.43 Å². The molecule has 0 bridgehead atoms. The summed E-state index contributed by atoms with van der Waals surface area (Å²) in [5, 5.41) is 1.29. The highest BCUT2D eigenvalue weighted by molar-refractivity contribution is 6.30. The molecule has 0 aromatic heterocycles. The van der Waals surface area contributed by atoms with E-state index in [0.29, 0.717) is 22.2 Å². The highest BCUT2D eigenvalue weighted by Crippen LogP contribution is 2.10. The largest absolute Gasteiger partial charge is 0.287 e. The topological polar surface area (TPSA) is 41.1 Å². The van der Waals surface area contributed by atoms with Gasteiger partial charge in [-0.2, -0.15) is 0 Å². The predicted octanol–water partition coefficient (Wildman–Crippen LogP) is 3.43. The lowest BCUT2D eigenvalue weighted by Crippen LogP contribution is -2.36. The molecule has 2 N–H and O–H groups in total. The van der Waals surface area contributed by atoms with Crippen LogP contribution in [0.3, 0.4) is 0 Å². The Morgan fingerprint density at radius 2 is 1.42 bits per heavy atom. The first-order valence-corrected chi connectivity index (χ1v) is 6.44. The standard InChI is InChI=1S/C14H12Cl2N2O/c15-12-5-1-10(2-6-12)9-17-18-14(19)11-3-7-13(16)8-4-11/h1-8,17H,9H2,(H,18,19). The van der Waals surface area contributed by atoms with Gasteiger partial charge < -0.3 is 0 Å². The molecule has 2 aromatic carbocycles. The maximum absolute atomic E-state index is 11.8. The lowest BCUT2D eigenvalue weighted by atomic mass is 10.2. The minimum absolute atomic E-state index is 0.203. The normalized spacial score (nSPS) is 10.2. The van der Waals surface area contributed by atoms with E-state index in [1.807, 2.05) is 12.1 Å². The molecule has 0 saturated heterocycles. The van der Waals surface area contributed by atoms with E-state index in [1.54, 1.807) is 36.4 Å². The molecule has 0 radical (unpaired) electrons. The van der Waals surface area contributed by atoms with Gasteiger partial charge >= 0.3 is 0 Å². The smallest absolute Gasteiger partial charge is 0.265 e. The molecule has 0 heterocycles. The van der Waals surface area contributed by atoms with Gasteiger partial charge in [0.15, 0.2) is 0 Å². The minimum Gasteiger partial charge on any atom is -0.287 e. The summed E-state index contributed by atoms with van der Waals surface area (Å²) in [6.45, 7) is 0.524. The molecule has 98 valence electrons. The fourth-order valence-electron chi connectivity index (χ4n) is 1.50. The SMILES string of the molecule is O=C(NNCc1ccc(Cl)cc1)c1ccc(Cl)cc1. The Bertz CT molecular complexity index is 553. The molecule has 0 fully saturated rings. The third kappa shape index (κ3) is 4.24. The lowest BCUT2D eigenvalue weighted by molar-refractivity contribution is 0.0932. The van der Waals surface area contributed by atoms with Crippen molar-refractivity contribution in [3.8, 4) is 0 Å². The van der Waals surface area contributed by atoms with Crippen molar-refractivity contribution in [2.24, 2.45) is 0 Å². The van der Waals surface area contributed by atoms with Gasteiger partial charge in [-0.15, -0.1) is 0 Å². The van der Waals surface area contributed by atoms with Crippen LogP contribution in [0.5, 0.6) is 0 Å². The van der Waals surface area contributed by atoms with Crippen molar-refractivity contribution in [1.82, 2.24) is 10.9 Å². The molecule has 0 aliphatic carbocycles. The van der Waals surface area contributed by atoms with Gasteiger partial charge in [0, 0.05) is 22.2 Å². The summed E-state index contributed by atoms with van der Waals surface area (Å²) in [6, 6.07) is 14.1. The molecular weight excluding hydrogens is 283 g/mol. The van der Waals surface area contributed by atoms with Gasteiger partial charge in [0.05, 0.1) is 0 Å². The van der Waals surface area contributed by atoms with E-state index in [4.69, 9.17) is 23.2 Å². The zero-order chi connectivity index (χ0) is 13.7. The van der Waals surface area contributed by atoms with Crippen LogP contribution < -0.4 is 10.9 Å². The number of carbonyl (C=O) groups excluding carboxylic acids is 1. The summed E-state index contributed by atoms with van der Waals surface area (Å²) in [5.41, 5.74) is 7.05. The summed E-state index contributed by atoms with van der Waals surface area (Å²) < 4.78 is 0. The molecule has 2 aromatic rings. The third-order valence-corrected chi connectivity index (χ3v) is 3.02. The monoisotopic (exact) mass is 294 g/mol. The van der Waals surface area contributed by atoms with Gasteiger partial charge in [-0.3, -0.25) is 10.2 Å². The number of hydrogen-bond donors (Lipinski definition) is 2. The average Bonchev–Trinajstić information content (AvgIpc) is 2.41. The first-order valence-electron chi connectivity index (χ1n) is 5.68. The predicted molar refractivity (Wildman–Crippen MR) is 77.2 cm³/mol. The van der Waals surface area contributed by atoms with Crippen LogP contribution in [0.25, 0.3) is 0 Å². The Morgan fingerprint density at radius 3 is 2.00 bits per heavy atom. The molecule has 0 spiro atoms. The Morgan fingerprint density at radius 1 is 0.895 bits per heavy atom. The van der Waals surface area contributed by atoms with E-state index < -0.39 is 0 Å². The molecule has 0 atom stereocenters. The second kappa shape index (κ2) is 6.57. The van der Waals surface area contributed by atoms with E-state index in [9.17, 15) is 4.79 Å². The first kappa shape index (κ1) is 13.9. The van der Waals surface area contributed by atoms with E-state index >= 15 is 0 Å². The molecule has 19 heavy (non-hydrogen) atoms. The highest BCUT2D eigenvalue weighted by Gasteiger charge is 2.03. The van der Waals surface area contributed by atoms with Crippen molar-refractivity contribution in [1.29, 1.82) is 0 Å². The van der Waals surface area contributed by atoms with E-state index in [2.05, 4.69) is 10.9 Å². The summed E-state index contributed by atoms with van der Waals surface area (Å²) >= 11 is 11.5. The van der Waals surface area contributed by atoms with Crippen LogP contribution in [0, 0.1) is 0 Å². The molecule has 1 amide bonds. The average molecular weight is 295 g/mol. The minimum atomic E-state index is -0.203. The maximum atomic E-state index is 11.8. The quantitative estimate of drug-likeness (QED) is 0.848. The number of benzene rings is 2. The summed E-state index contributed by atoms with van der Waals surface area (Å²) in [6.07, 6.45) is 0. The van der Waals surface area contributed by atoms with Gasteiger partial charge in [0.2, 0.25) is 0 Å². The zero-order valence-electron chi connectivity index (χ0n) is 9.99. The van der Waals surface area contributed by atoms with Crippen LogP contribution in [0.15, 0.2) is 48.5 Å². The first-order chi connectivity index (χ1) is 9.15. The number of amides is 1.